The molecule has 1 unspecified atom stereocenters. The summed E-state index contributed by atoms with van der Waals surface area (Å²) < 4.78 is 8.19. The predicted octanol–water partition coefficient (Wildman–Crippen LogP) is 2.94. The van der Waals surface area contributed by atoms with Crippen LogP contribution in [0.4, 0.5) is 5.69 Å². The number of rotatable bonds is 2. The zero-order valence-corrected chi connectivity index (χ0v) is 10.7. The molecule has 0 saturated carbocycles. The number of anilines is 1. The van der Waals surface area contributed by atoms with Gasteiger partial charge in [-0.1, -0.05) is 24.3 Å². The van der Waals surface area contributed by atoms with Gasteiger partial charge in [0.25, 0.3) is 0 Å². The van der Waals surface area contributed by atoms with Crippen LogP contribution < -0.4 is 10.5 Å². The van der Waals surface area contributed by atoms with E-state index in [-0.39, 0.29) is 6.10 Å². The molecular formula is C16H13N3O. The van der Waals surface area contributed by atoms with E-state index < -0.39 is 0 Å². The molecule has 0 saturated heterocycles. The first-order chi connectivity index (χ1) is 9.83. The Balaban J connectivity index is 1.79. The van der Waals surface area contributed by atoms with E-state index in [2.05, 4.69) is 21.7 Å². The van der Waals surface area contributed by atoms with Crippen LogP contribution in [0.2, 0.25) is 0 Å². The molecule has 4 heteroatoms. The number of hydrogen-bond acceptors (Lipinski definition) is 3. The molecule has 0 radical (unpaired) electrons. The van der Waals surface area contributed by atoms with Gasteiger partial charge in [-0.05, 0) is 18.2 Å². The second-order valence-electron chi connectivity index (χ2n) is 4.82. The van der Waals surface area contributed by atoms with Crippen LogP contribution in [0.1, 0.15) is 17.4 Å². The molecule has 1 atom stereocenters. The maximum atomic E-state index is 6.13. The molecule has 4 nitrogen and oxygen atoms in total. The summed E-state index contributed by atoms with van der Waals surface area (Å²) in [6.45, 7) is 0. The molecule has 1 aliphatic heterocycles. The van der Waals surface area contributed by atoms with Gasteiger partial charge in [-0.15, -0.1) is 0 Å². The van der Waals surface area contributed by atoms with Crippen LogP contribution in [0.15, 0.2) is 61.1 Å². The Morgan fingerprint density at radius 2 is 2.00 bits per heavy atom. The number of hydrogen-bond donors (Lipinski definition) is 1. The second-order valence-corrected chi connectivity index (χ2v) is 4.82. The molecule has 20 heavy (non-hydrogen) atoms. The lowest BCUT2D eigenvalue weighted by Crippen LogP contribution is -2.06. The van der Waals surface area contributed by atoms with Crippen molar-refractivity contribution in [1.82, 2.24) is 9.55 Å². The average Bonchev–Trinajstić information content (AvgIpc) is 3.03. The fourth-order valence-electron chi connectivity index (χ4n) is 2.64. The molecule has 0 spiro atoms. The number of nitrogens with zero attached hydrogens (tertiary/aromatic N) is 2. The molecule has 2 heterocycles. The van der Waals surface area contributed by atoms with E-state index >= 15 is 0 Å². The van der Waals surface area contributed by atoms with Gasteiger partial charge in [-0.25, -0.2) is 4.98 Å². The third kappa shape index (κ3) is 1.58. The highest BCUT2D eigenvalue weighted by Crippen LogP contribution is 2.38. The Bertz CT molecular complexity index is 779. The third-order valence-corrected chi connectivity index (χ3v) is 3.53. The van der Waals surface area contributed by atoms with E-state index in [9.17, 15) is 0 Å². The molecule has 0 aliphatic carbocycles. The minimum absolute atomic E-state index is 0.143. The largest absolute Gasteiger partial charge is 0.479 e. The number of fused-ring (bicyclic) bond motifs is 3. The van der Waals surface area contributed by atoms with E-state index in [0.717, 1.165) is 22.7 Å². The van der Waals surface area contributed by atoms with Crippen molar-refractivity contribution in [3.05, 3.63) is 72.3 Å². The fourth-order valence-corrected chi connectivity index (χ4v) is 2.64. The van der Waals surface area contributed by atoms with Crippen molar-refractivity contribution >= 4 is 5.69 Å². The summed E-state index contributed by atoms with van der Waals surface area (Å²) in [4.78, 5) is 4.21. The summed E-state index contributed by atoms with van der Waals surface area (Å²) in [5.74, 6) is 0.763. The van der Waals surface area contributed by atoms with Crippen molar-refractivity contribution in [1.29, 1.82) is 0 Å². The van der Waals surface area contributed by atoms with Crippen LogP contribution in [-0.2, 0) is 0 Å². The molecule has 0 fully saturated rings. The standard InChI is InChI=1S/C16H13N3O/c17-11-4-3-5-12(8-11)20-16-13-6-1-2-7-14(13)19-10-18-9-15(16)19/h1-10,16H,17H2. The number of nitrogens with two attached hydrogens (primary N) is 1. The summed E-state index contributed by atoms with van der Waals surface area (Å²) in [5, 5.41) is 0. The first-order valence-corrected chi connectivity index (χ1v) is 6.47. The highest BCUT2D eigenvalue weighted by Gasteiger charge is 2.30. The number of aromatic nitrogens is 2. The van der Waals surface area contributed by atoms with Crippen molar-refractivity contribution in [2.24, 2.45) is 0 Å². The fraction of sp³-hybridized carbons (Fsp3) is 0.0625. The number of imidazole rings is 1. The minimum atomic E-state index is -0.143. The lowest BCUT2D eigenvalue weighted by atomic mass is 10.1. The molecule has 3 aromatic rings. The van der Waals surface area contributed by atoms with Gasteiger partial charge in [0.15, 0.2) is 6.10 Å². The van der Waals surface area contributed by atoms with Crippen LogP contribution >= 0.6 is 0 Å². The van der Waals surface area contributed by atoms with Crippen LogP contribution in [0.25, 0.3) is 5.69 Å². The van der Waals surface area contributed by atoms with Crippen LogP contribution in [0.3, 0.4) is 0 Å². The molecule has 98 valence electrons. The quantitative estimate of drug-likeness (QED) is 0.723. The summed E-state index contributed by atoms with van der Waals surface area (Å²) in [6.07, 6.45) is 3.52. The van der Waals surface area contributed by atoms with Crippen molar-refractivity contribution in [3.8, 4) is 11.4 Å². The zero-order chi connectivity index (χ0) is 13.5. The highest BCUT2D eigenvalue weighted by molar-refractivity contribution is 5.53. The van der Waals surface area contributed by atoms with Crippen molar-refractivity contribution in [3.63, 3.8) is 0 Å². The highest BCUT2D eigenvalue weighted by atomic mass is 16.5. The zero-order valence-electron chi connectivity index (χ0n) is 10.7. The minimum Gasteiger partial charge on any atom is -0.479 e. The Morgan fingerprint density at radius 3 is 2.90 bits per heavy atom. The molecule has 4 rings (SSSR count). The van der Waals surface area contributed by atoms with E-state index in [4.69, 9.17) is 10.5 Å². The van der Waals surface area contributed by atoms with Crippen LogP contribution in [0, 0.1) is 0 Å². The maximum Gasteiger partial charge on any atom is 0.168 e. The molecule has 1 aromatic heterocycles. The molecule has 2 aromatic carbocycles. The van der Waals surface area contributed by atoms with Gasteiger partial charge in [0.05, 0.1) is 23.9 Å². The van der Waals surface area contributed by atoms with Gasteiger partial charge in [0.2, 0.25) is 0 Å². The molecule has 0 amide bonds. The SMILES string of the molecule is Nc1cccc(OC2c3ccccc3-n3cncc32)c1. The van der Waals surface area contributed by atoms with Gasteiger partial charge in [0.1, 0.15) is 5.75 Å². The lowest BCUT2D eigenvalue weighted by Gasteiger charge is -2.14. The average molecular weight is 263 g/mol. The maximum absolute atomic E-state index is 6.13. The summed E-state index contributed by atoms with van der Waals surface area (Å²) in [7, 11) is 0. The molecule has 1 aliphatic rings. The predicted molar refractivity (Wildman–Crippen MR) is 76.9 cm³/mol. The summed E-state index contributed by atoms with van der Waals surface area (Å²) in [6, 6.07) is 15.7. The van der Waals surface area contributed by atoms with E-state index in [1.807, 2.05) is 48.9 Å². The van der Waals surface area contributed by atoms with Gasteiger partial charge < -0.3 is 10.5 Å². The van der Waals surface area contributed by atoms with Gasteiger partial charge >= 0.3 is 0 Å². The van der Waals surface area contributed by atoms with Crippen LogP contribution in [-0.4, -0.2) is 9.55 Å². The van der Waals surface area contributed by atoms with E-state index in [1.165, 1.54) is 0 Å². The van der Waals surface area contributed by atoms with Gasteiger partial charge in [-0.2, -0.15) is 0 Å². The van der Waals surface area contributed by atoms with E-state index in [0.29, 0.717) is 5.69 Å². The van der Waals surface area contributed by atoms with E-state index in [1.54, 1.807) is 0 Å². The Kier molecular flexibility index (Phi) is 2.29. The normalized spacial score (nSPS) is 15.7. The number of benzene rings is 2. The summed E-state index contributed by atoms with van der Waals surface area (Å²) >= 11 is 0. The molecule has 2 N–H and O–H groups in total. The smallest absolute Gasteiger partial charge is 0.168 e. The van der Waals surface area contributed by atoms with Crippen molar-refractivity contribution in [2.45, 2.75) is 6.10 Å². The Labute approximate surface area is 116 Å². The monoisotopic (exact) mass is 263 g/mol. The second kappa shape index (κ2) is 4.13. The first-order valence-electron chi connectivity index (χ1n) is 6.47. The van der Waals surface area contributed by atoms with Gasteiger partial charge in [0, 0.05) is 17.3 Å². The number of nitrogen functional groups attached to an aromatic ring is 1. The van der Waals surface area contributed by atoms with Gasteiger partial charge in [-0.3, -0.25) is 4.57 Å². The first kappa shape index (κ1) is 11.1. The summed E-state index contributed by atoms with van der Waals surface area (Å²) in [5.41, 5.74) is 9.80. The molecule has 0 bridgehead atoms. The van der Waals surface area contributed by atoms with Crippen molar-refractivity contribution < 1.29 is 4.74 Å². The van der Waals surface area contributed by atoms with Crippen LogP contribution in [0.5, 0.6) is 5.75 Å². The van der Waals surface area contributed by atoms with Crippen molar-refractivity contribution in [2.75, 3.05) is 5.73 Å². The lowest BCUT2D eigenvalue weighted by molar-refractivity contribution is 0.248. The molecular weight excluding hydrogens is 250 g/mol. The third-order valence-electron chi connectivity index (χ3n) is 3.53. The number of ether oxygens (including phenoxy) is 1. The Hall–Kier alpha value is -2.75. The topological polar surface area (TPSA) is 53.1 Å². The number of para-hydroxylation sites is 1. The Morgan fingerprint density at radius 1 is 1.10 bits per heavy atom.